The van der Waals surface area contributed by atoms with Gasteiger partial charge in [0.25, 0.3) is 0 Å². The van der Waals surface area contributed by atoms with Crippen LogP contribution in [0.25, 0.3) is 0 Å². The molecule has 1 heteroatoms. The predicted molar refractivity (Wildman–Crippen MR) is 52.2 cm³/mol. The second-order valence-electron chi connectivity index (χ2n) is 2.65. The smallest absolute Gasteiger partial charge is 0.0801 e. The van der Waals surface area contributed by atoms with Gasteiger partial charge >= 0.3 is 23.1 Å². The van der Waals surface area contributed by atoms with E-state index in [1.807, 2.05) is 0 Å². The molecule has 11 heavy (non-hydrogen) atoms. The van der Waals surface area contributed by atoms with Gasteiger partial charge in [-0.3, -0.25) is 0 Å². The zero-order valence-electron chi connectivity index (χ0n) is 5.88. The van der Waals surface area contributed by atoms with E-state index in [4.69, 9.17) is 0 Å². The number of hydrogen-bond acceptors (Lipinski definition) is 0. The molecule has 0 unspecified atom stereocenters. The van der Waals surface area contributed by atoms with Crippen LogP contribution in [-0.2, 0) is 0 Å². The fourth-order valence-electron chi connectivity index (χ4n) is 1.37. The van der Waals surface area contributed by atoms with Gasteiger partial charge in [-0.2, -0.15) is 0 Å². The van der Waals surface area contributed by atoms with Gasteiger partial charge < -0.3 is 0 Å². The highest BCUT2D eigenvalue weighted by Gasteiger charge is 2.05. The van der Waals surface area contributed by atoms with Crippen LogP contribution in [0.2, 0.25) is 0 Å². The lowest BCUT2D eigenvalue weighted by Gasteiger charge is -1.99. The summed E-state index contributed by atoms with van der Waals surface area (Å²) in [7, 11) is 0. The molecule has 0 bridgehead atoms. The van der Waals surface area contributed by atoms with Crippen LogP contribution in [0.5, 0.6) is 0 Å². The largest absolute Gasteiger partial charge is 0.316 e. The minimum absolute atomic E-state index is 0. The van der Waals surface area contributed by atoms with Crippen molar-refractivity contribution >= 4 is 23.1 Å². The van der Waals surface area contributed by atoms with Crippen LogP contribution < -0.4 is 0 Å². The Morgan fingerprint density at radius 1 is 0.818 bits per heavy atom. The van der Waals surface area contributed by atoms with Crippen LogP contribution in [-0.4, -0.2) is 23.1 Å². The molecule has 2 rings (SSSR count). The van der Waals surface area contributed by atoms with E-state index in [-0.39, 0.29) is 23.1 Å². The van der Waals surface area contributed by atoms with E-state index in [9.17, 15) is 0 Å². The van der Waals surface area contributed by atoms with Gasteiger partial charge in [-0.05, 0) is 24.0 Å². The quantitative estimate of drug-likeness (QED) is 0.508. The first-order valence-electron chi connectivity index (χ1n) is 3.68. The van der Waals surface area contributed by atoms with E-state index in [1.54, 1.807) is 0 Å². The Balaban J connectivity index is 0.000000605. The van der Waals surface area contributed by atoms with Crippen molar-refractivity contribution in [1.29, 1.82) is 0 Å². The predicted octanol–water partition coefficient (Wildman–Crippen LogP) is 1.84. The van der Waals surface area contributed by atoms with Crippen molar-refractivity contribution in [3.8, 4) is 0 Å². The van der Waals surface area contributed by atoms with Crippen molar-refractivity contribution in [3.05, 3.63) is 47.6 Å². The molecule has 0 atom stereocenters. The molecule has 2 aliphatic carbocycles. The Morgan fingerprint density at radius 2 is 1.27 bits per heavy atom. The lowest BCUT2D eigenvalue weighted by atomic mass is 10.1. The van der Waals surface area contributed by atoms with Gasteiger partial charge in [0.05, 0.1) is 0 Å². The fraction of sp³-hybridized carbons (Fsp3) is 0.200. The molecule has 0 aliphatic heterocycles. The van der Waals surface area contributed by atoms with Gasteiger partial charge in [0, 0.05) is 0 Å². The molecule has 0 fully saturated rings. The lowest BCUT2D eigenvalue weighted by Crippen LogP contribution is -1.80. The molecule has 0 saturated carbocycles. The van der Waals surface area contributed by atoms with Crippen molar-refractivity contribution in [2.75, 3.05) is 0 Å². The van der Waals surface area contributed by atoms with Crippen molar-refractivity contribution in [2.24, 2.45) is 0 Å². The summed E-state index contributed by atoms with van der Waals surface area (Å²) in [4.78, 5) is 0. The van der Waals surface area contributed by atoms with E-state index in [2.05, 4.69) is 36.5 Å². The van der Waals surface area contributed by atoms with Crippen LogP contribution in [0.4, 0.5) is 0 Å². The maximum absolute atomic E-state index is 2.21. The Morgan fingerprint density at radius 3 is 1.55 bits per heavy atom. The third-order valence-electron chi connectivity index (χ3n) is 1.95. The summed E-state index contributed by atoms with van der Waals surface area (Å²) < 4.78 is 0. The zero-order valence-corrected chi connectivity index (χ0v) is 5.88. The normalized spacial score (nSPS) is 19.6. The van der Waals surface area contributed by atoms with E-state index in [0.29, 0.717) is 0 Å². The average molecular weight is 157 g/mol. The van der Waals surface area contributed by atoms with Gasteiger partial charge in [0.15, 0.2) is 0 Å². The Labute approximate surface area is 83.5 Å². The van der Waals surface area contributed by atoms with Crippen molar-refractivity contribution in [1.82, 2.24) is 0 Å². The molecular formula is C10H12Mg. The highest BCUT2D eigenvalue weighted by molar-refractivity contribution is 5.75. The highest BCUT2D eigenvalue weighted by Crippen LogP contribution is 2.25. The Hall–Kier alpha value is -0.274. The fourth-order valence-corrected chi connectivity index (χ4v) is 1.37. The van der Waals surface area contributed by atoms with Crippen LogP contribution in [0.3, 0.4) is 0 Å². The summed E-state index contributed by atoms with van der Waals surface area (Å²) in [5.41, 5.74) is 2.98. The monoisotopic (exact) mass is 156 g/mol. The van der Waals surface area contributed by atoms with Crippen LogP contribution in [0.15, 0.2) is 47.6 Å². The van der Waals surface area contributed by atoms with Crippen molar-refractivity contribution in [3.63, 3.8) is 0 Å². The molecule has 0 aromatic carbocycles. The summed E-state index contributed by atoms with van der Waals surface area (Å²) in [6.07, 6.45) is 15.4. The van der Waals surface area contributed by atoms with Gasteiger partial charge in [0.2, 0.25) is 0 Å². The minimum atomic E-state index is 0. The topological polar surface area (TPSA) is 0 Å². The Kier molecular flexibility index (Phi) is 3.15. The Bertz CT molecular complexity index is 226. The lowest BCUT2D eigenvalue weighted by molar-refractivity contribution is 1.18. The van der Waals surface area contributed by atoms with Gasteiger partial charge in [-0.1, -0.05) is 36.5 Å². The van der Waals surface area contributed by atoms with Crippen LogP contribution >= 0.6 is 0 Å². The summed E-state index contributed by atoms with van der Waals surface area (Å²) in [6.45, 7) is 0. The van der Waals surface area contributed by atoms with E-state index in [0.717, 1.165) is 12.8 Å². The first kappa shape index (κ1) is 8.82. The maximum atomic E-state index is 2.21. The summed E-state index contributed by atoms with van der Waals surface area (Å²) in [5, 5.41) is 0. The summed E-state index contributed by atoms with van der Waals surface area (Å²) in [5.74, 6) is 0. The summed E-state index contributed by atoms with van der Waals surface area (Å²) in [6, 6.07) is 0. The van der Waals surface area contributed by atoms with Crippen molar-refractivity contribution < 1.29 is 0 Å². The van der Waals surface area contributed by atoms with E-state index < -0.39 is 0 Å². The molecule has 0 amide bonds. The van der Waals surface area contributed by atoms with Gasteiger partial charge in [-0.15, -0.1) is 0 Å². The van der Waals surface area contributed by atoms with Gasteiger partial charge in [-0.25, -0.2) is 0 Å². The molecule has 54 valence electrons. The highest BCUT2D eigenvalue weighted by atomic mass is 24.3. The first-order valence-corrected chi connectivity index (χ1v) is 3.68. The molecule has 0 N–H and O–H groups in total. The molecule has 0 radical (unpaired) electrons. The standard InChI is InChI=1S/C10H10.Mg.2H/c1-2-6-9(5-1)10-7-3-4-8-10;;;/h1-5,7H,6,8H2;;;. The molecule has 0 heterocycles. The van der Waals surface area contributed by atoms with Crippen molar-refractivity contribution in [2.45, 2.75) is 12.8 Å². The van der Waals surface area contributed by atoms with E-state index >= 15 is 0 Å². The van der Waals surface area contributed by atoms with Crippen LogP contribution in [0, 0.1) is 0 Å². The third kappa shape index (κ3) is 1.85. The zero-order chi connectivity index (χ0) is 6.81. The second kappa shape index (κ2) is 3.93. The second-order valence-corrected chi connectivity index (χ2v) is 2.65. The maximum Gasteiger partial charge on any atom is 0.316 e. The number of hydrogen-bond donors (Lipinski definition) is 0. The molecule has 2 aliphatic rings. The molecule has 0 spiro atoms. The number of rotatable bonds is 1. The molecule has 0 nitrogen and oxygen atoms in total. The summed E-state index contributed by atoms with van der Waals surface area (Å²) >= 11 is 0. The average Bonchev–Trinajstić information content (AvgIpc) is 2.59. The third-order valence-corrected chi connectivity index (χ3v) is 1.95. The molecule has 0 aromatic heterocycles. The molecular weight excluding hydrogens is 144 g/mol. The molecule has 0 saturated heterocycles. The SMILES string of the molecule is C1=CCC(C2=CC=CC2)=C1.[MgH2]. The van der Waals surface area contributed by atoms with Gasteiger partial charge in [0.1, 0.15) is 0 Å². The molecule has 0 aromatic rings. The van der Waals surface area contributed by atoms with Crippen LogP contribution in [0.1, 0.15) is 12.8 Å². The number of allylic oxidation sites excluding steroid dienone is 8. The minimum Gasteiger partial charge on any atom is -0.0801 e. The first-order chi connectivity index (χ1) is 4.97. The van der Waals surface area contributed by atoms with E-state index in [1.165, 1.54) is 11.1 Å².